The summed E-state index contributed by atoms with van der Waals surface area (Å²) in [5.41, 5.74) is 5.10. The number of rotatable bonds is 3. The molecule has 0 aliphatic rings. The molecule has 0 radical (unpaired) electrons. The molecular weight excluding hydrogens is 170 g/mol. The average Bonchev–Trinajstić information content (AvgIpc) is 2.18. The second-order valence-electron chi connectivity index (χ2n) is 2.46. The minimum Gasteiger partial charge on any atom is -0.382 e. The molecule has 0 bridgehead atoms. The first-order valence-corrected chi connectivity index (χ1v) is 3.84. The summed E-state index contributed by atoms with van der Waals surface area (Å²) in [4.78, 5) is 14.9. The molecule has 4 N–H and O–H groups in total. The van der Waals surface area contributed by atoms with E-state index in [0.717, 1.165) is 0 Å². The normalized spacial score (nSPS) is 12.2. The largest absolute Gasteiger partial charge is 0.382 e. The van der Waals surface area contributed by atoms with Gasteiger partial charge in [0.25, 0.3) is 5.91 Å². The molecule has 70 valence electrons. The molecule has 0 aliphatic heterocycles. The van der Waals surface area contributed by atoms with Crippen molar-refractivity contribution < 1.29 is 9.90 Å². The van der Waals surface area contributed by atoms with Crippen LogP contribution in [0.3, 0.4) is 0 Å². The first-order chi connectivity index (χ1) is 6.24. The summed E-state index contributed by atoms with van der Waals surface area (Å²) in [6.45, 7) is -0.0985. The zero-order chi connectivity index (χ0) is 9.68. The molecule has 13 heavy (non-hydrogen) atoms. The van der Waals surface area contributed by atoms with Crippen molar-refractivity contribution in [3.8, 4) is 0 Å². The summed E-state index contributed by atoms with van der Waals surface area (Å²) in [5, 5.41) is 11.4. The fraction of sp³-hybridized carbons (Fsp3) is 0.250. The fourth-order valence-electron chi connectivity index (χ4n) is 0.753. The van der Waals surface area contributed by atoms with Crippen LogP contribution in [0, 0.1) is 0 Å². The molecule has 0 spiro atoms. The van der Waals surface area contributed by atoms with Crippen LogP contribution in [0.2, 0.25) is 0 Å². The first-order valence-electron chi connectivity index (χ1n) is 3.84. The second kappa shape index (κ2) is 4.54. The van der Waals surface area contributed by atoms with Gasteiger partial charge in [0.05, 0.1) is 0 Å². The van der Waals surface area contributed by atoms with Crippen LogP contribution in [-0.4, -0.2) is 28.6 Å². The van der Waals surface area contributed by atoms with E-state index in [1.807, 2.05) is 0 Å². The maximum Gasteiger partial charge on any atom is 0.255 e. The van der Waals surface area contributed by atoms with Crippen LogP contribution in [-0.2, 0) is 4.79 Å². The Morgan fingerprint density at radius 1 is 1.69 bits per heavy atom. The highest BCUT2D eigenvalue weighted by molar-refractivity contribution is 5.93. The molecule has 0 fully saturated rings. The third-order valence-corrected chi connectivity index (χ3v) is 1.44. The number of aliphatic hydroxyl groups excluding tert-OH is 1. The van der Waals surface area contributed by atoms with Gasteiger partial charge in [-0.2, -0.15) is 0 Å². The molecule has 0 aliphatic carbocycles. The predicted molar refractivity (Wildman–Crippen MR) is 47.9 cm³/mol. The van der Waals surface area contributed by atoms with Crippen molar-refractivity contribution in [2.75, 3.05) is 11.9 Å². The number of aromatic nitrogens is 1. The van der Waals surface area contributed by atoms with E-state index in [4.69, 9.17) is 10.8 Å². The minimum atomic E-state index is -1.18. The van der Waals surface area contributed by atoms with Gasteiger partial charge in [0, 0.05) is 12.7 Å². The molecular formula is C8H11N3O2. The Hall–Kier alpha value is -1.46. The lowest BCUT2D eigenvalue weighted by atomic mass is 10.3. The summed E-state index contributed by atoms with van der Waals surface area (Å²) in [5.74, 6) is -0.138. The van der Waals surface area contributed by atoms with Crippen molar-refractivity contribution in [3.05, 3.63) is 24.4 Å². The molecule has 1 aromatic rings. The highest BCUT2D eigenvalue weighted by Gasteiger charge is 2.12. The van der Waals surface area contributed by atoms with Gasteiger partial charge in [-0.05, 0) is 12.1 Å². The number of hydrogen-bond donors (Lipinski definition) is 3. The Morgan fingerprint density at radius 3 is 3.00 bits per heavy atom. The lowest BCUT2D eigenvalue weighted by Gasteiger charge is -2.07. The molecule has 0 saturated heterocycles. The van der Waals surface area contributed by atoms with Crippen molar-refractivity contribution in [2.24, 2.45) is 5.73 Å². The predicted octanol–water partition coefficient (Wildman–Crippen LogP) is -0.660. The third-order valence-electron chi connectivity index (χ3n) is 1.44. The number of pyridine rings is 1. The second-order valence-corrected chi connectivity index (χ2v) is 2.46. The van der Waals surface area contributed by atoms with E-state index in [0.29, 0.717) is 5.82 Å². The van der Waals surface area contributed by atoms with Crippen LogP contribution in [0.15, 0.2) is 24.4 Å². The third kappa shape index (κ3) is 2.81. The summed E-state index contributed by atoms with van der Waals surface area (Å²) in [6, 6.07) is 5.09. The Labute approximate surface area is 75.6 Å². The maximum absolute atomic E-state index is 11.1. The van der Waals surface area contributed by atoms with Gasteiger partial charge in [-0.3, -0.25) is 4.79 Å². The van der Waals surface area contributed by atoms with Crippen LogP contribution in [0.4, 0.5) is 5.82 Å². The van der Waals surface area contributed by atoms with E-state index in [1.54, 1.807) is 24.4 Å². The molecule has 5 nitrogen and oxygen atoms in total. The van der Waals surface area contributed by atoms with E-state index in [2.05, 4.69) is 10.3 Å². The summed E-state index contributed by atoms with van der Waals surface area (Å²) in [6.07, 6.45) is 0.367. The summed E-state index contributed by atoms with van der Waals surface area (Å²) < 4.78 is 0. The van der Waals surface area contributed by atoms with Crippen molar-refractivity contribution in [2.45, 2.75) is 6.10 Å². The quantitative estimate of drug-likeness (QED) is 0.577. The number of anilines is 1. The van der Waals surface area contributed by atoms with Crippen molar-refractivity contribution >= 4 is 11.7 Å². The van der Waals surface area contributed by atoms with Gasteiger partial charge in [-0.15, -0.1) is 0 Å². The SMILES string of the molecule is NCC(O)C(=O)Nc1ccccn1. The van der Waals surface area contributed by atoms with Crippen LogP contribution in [0.25, 0.3) is 0 Å². The van der Waals surface area contributed by atoms with Gasteiger partial charge in [0.15, 0.2) is 0 Å². The number of carbonyl (C=O) groups excluding carboxylic acids is 1. The number of aliphatic hydroxyl groups is 1. The maximum atomic E-state index is 11.1. The summed E-state index contributed by atoms with van der Waals surface area (Å²) in [7, 11) is 0. The highest BCUT2D eigenvalue weighted by atomic mass is 16.3. The number of carbonyl (C=O) groups is 1. The Kier molecular flexibility index (Phi) is 3.36. The van der Waals surface area contributed by atoms with Gasteiger partial charge in [-0.1, -0.05) is 6.07 Å². The topological polar surface area (TPSA) is 88.2 Å². The van der Waals surface area contributed by atoms with Gasteiger partial charge < -0.3 is 16.2 Å². The Morgan fingerprint density at radius 2 is 2.46 bits per heavy atom. The zero-order valence-corrected chi connectivity index (χ0v) is 6.97. The molecule has 0 saturated carbocycles. The molecule has 1 aromatic heterocycles. The molecule has 1 rings (SSSR count). The number of nitrogens with one attached hydrogen (secondary N) is 1. The smallest absolute Gasteiger partial charge is 0.255 e. The Balaban J connectivity index is 2.55. The summed E-state index contributed by atoms with van der Waals surface area (Å²) >= 11 is 0. The number of nitrogens with zero attached hydrogens (tertiary/aromatic N) is 1. The van der Waals surface area contributed by atoms with Crippen LogP contribution in [0.1, 0.15) is 0 Å². The number of amides is 1. The van der Waals surface area contributed by atoms with Gasteiger partial charge in [0.1, 0.15) is 11.9 Å². The molecule has 0 aromatic carbocycles. The highest BCUT2D eigenvalue weighted by Crippen LogP contribution is 1.99. The van der Waals surface area contributed by atoms with E-state index < -0.39 is 12.0 Å². The lowest BCUT2D eigenvalue weighted by molar-refractivity contribution is -0.123. The molecule has 1 amide bonds. The van der Waals surface area contributed by atoms with Crippen molar-refractivity contribution in [1.29, 1.82) is 0 Å². The van der Waals surface area contributed by atoms with Crippen LogP contribution >= 0.6 is 0 Å². The van der Waals surface area contributed by atoms with Crippen molar-refractivity contribution in [3.63, 3.8) is 0 Å². The van der Waals surface area contributed by atoms with Crippen molar-refractivity contribution in [1.82, 2.24) is 4.98 Å². The van der Waals surface area contributed by atoms with E-state index in [9.17, 15) is 4.79 Å². The monoisotopic (exact) mass is 181 g/mol. The average molecular weight is 181 g/mol. The number of nitrogens with two attached hydrogens (primary N) is 1. The van der Waals surface area contributed by atoms with Gasteiger partial charge in [-0.25, -0.2) is 4.98 Å². The fourth-order valence-corrected chi connectivity index (χ4v) is 0.753. The van der Waals surface area contributed by atoms with Crippen LogP contribution in [0.5, 0.6) is 0 Å². The van der Waals surface area contributed by atoms with E-state index >= 15 is 0 Å². The Bertz CT molecular complexity index is 276. The zero-order valence-electron chi connectivity index (χ0n) is 6.97. The molecule has 1 atom stereocenters. The lowest BCUT2D eigenvalue weighted by Crippen LogP contribution is -2.34. The van der Waals surface area contributed by atoms with Gasteiger partial charge in [0.2, 0.25) is 0 Å². The molecule has 1 unspecified atom stereocenters. The molecule has 1 heterocycles. The first kappa shape index (κ1) is 9.63. The van der Waals surface area contributed by atoms with Gasteiger partial charge >= 0.3 is 0 Å². The van der Waals surface area contributed by atoms with E-state index in [-0.39, 0.29) is 6.54 Å². The minimum absolute atomic E-state index is 0.0985. The van der Waals surface area contributed by atoms with Crippen LogP contribution < -0.4 is 11.1 Å². The standard InChI is InChI=1S/C8H11N3O2/c9-5-6(12)8(13)11-7-3-1-2-4-10-7/h1-4,6,12H,5,9H2,(H,10,11,13). The molecule has 5 heteroatoms. The van der Waals surface area contributed by atoms with E-state index in [1.165, 1.54) is 0 Å². The number of hydrogen-bond acceptors (Lipinski definition) is 4.